The van der Waals surface area contributed by atoms with Gasteiger partial charge in [0.2, 0.25) is 0 Å². The van der Waals surface area contributed by atoms with E-state index in [9.17, 15) is 19.7 Å². The molecule has 0 atom stereocenters. The molecule has 2 fully saturated rings. The maximum absolute atomic E-state index is 12.6. The van der Waals surface area contributed by atoms with Gasteiger partial charge in [-0.25, -0.2) is 29.1 Å². The van der Waals surface area contributed by atoms with Crippen molar-refractivity contribution in [2.75, 3.05) is 54.0 Å². The number of non-ortho nitro benzene ring substituents is 1. The minimum atomic E-state index is -0.671. The van der Waals surface area contributed by atoms with Crippen LogP contribution in [0.15, 0.2) is 97.8 Å². The molecule has 15 nitrogen and oxygen atoms in total. The first kappa shape index (κ1) is 41.1. The highest BCUT2D eigenvalue weighted by Crippen LogP contribution is 2.24. The van der Waals surface area contributed by atoms with Crippen molar-refractivity contribution in [1.29, 1.82) is 0 Å². The lowest BCUT2D eigenvalue weighted by atomic mass is 10.1. The second-order valence-corrected chi connectivity index (χ2v) is 13.2. The zero-order valence-electron chi connectivity index (χ0n) is 32.5. The zero-order chi connectivity index (χ0) is 39.9. The molecule has 2 aromatic heterocycles. The summed E-state index contributed by atoms with van der Waals surface area (Å²) in [5.74, 6) is 1.65. The van der Waals surface area contributed by atoms with Crippen molar-refractivity contribution >= 4 is 17.8 Å². The first-order valence-electron chi connectivity index (χ1n) is 18.8. The Hall–Kier alpha value is -6.06. The van der Waals surface area contributed by atoms with Crippen LogP contribution in [0.25, 0.3) is 22.5 Å². The third-order valence-electron chi connectivity index (χ3n) is 9.51. The molecule has 2 saturated heterocycles. The Bertz CT molecular complexity index is 2020. The van der Waals surface area contributed by atoms with E-state index < -0.39 is 11.0 Å². The predicted molar refractivity (Wildman–Crippen MR) is 213 cm³/mol. The van der Waals surface area contributed by atoms with Gasteiger partial charge in [-0.2, -0.15) is 0 Å². The van der Waals surface area contributed by atoms with Gasteiger partial charge in [-0.1, -0.05) is 44.0 Å². The molecular weight excluding hydrogens is 716 g/mol. The smallest absolute Gasteiger partial charge is 0.424 e. The molecule has 0 radical (unpaired) electrons. The summed E-state index contributed by atoms with van der Waals surface area (Å²) >= 11 is 0. The van der Waals surface area contributed by atoms with E-state index in [1.54, 1.807) is 37.8 Å². The van der Waals surface area contributed by atoms with Crippen LogP contribution in [-0.4, -0.2) is 105 Å². The molecule has 2 aliphatic rings. The van der Waals surface area contributed by atoms with Crippen LogP contribution in [0.1, 0.15) is 45.4 Å². The molecule has 2 aliphatic heterocycles. The van der Waals surface area contributed by atoms with Crippen molar-refractivity contribution in [3.05, 3.63) is 108 Å². The van der Waals surface area contributed by atoms with E-state index in [1.165, 1.54) is 91.2 Å². The van der Waals surface area contributed by atoms with Crippen molar-refractivity contribution in [1.82, 2.24) is 34.0 Å². The number of nitro groups is 1. The summed E-state index contributed by atoms with van der Waals surface area (Å²) in [5.41, 5.74) is 2.98. The highest BCUT2D eigenvalue weighted by Gasteiger charge is 2.21. The summed E-state index contributed by atoms with van der Waals surface area (Å²) in [6.45, 7) is 8.04. The number of benzene rings is 3. The Morgan fingerprint density at radius 3 is 1.75 bits per heavy atom. The molecule has 0 N–H and O–H groups in total. The lowest BCUT2D eigenvalue weighted by molar-refractivity contribution is -0.384. The normalized spacial score (nSPS) is 14.3. The van der Waals surface area contributed by atoms with Gasteiger partial charge >= 0.3 is 12.1 Å². The Balaban J connectivity index is 0.000000180. The molecule has 1 amide bonds. The molecule has 7 rings (SSSR count). The van der Waals surface area contributed by atoms with Crippen LogP contribution in [-0.2, 0) is 0 Å². The van der Waals surface area contributed by atoms with Crippen LogP contribution in [0, 0.1) is 10.1 Å². The third kappa shape index (κ3) is 11.5. The number of nitro benzene ring substituents is 1. The lowest BCUT2D eigenvalue weighted by Crippen LogP contribution is -2.47. The number of amides is 1. The van der Waals surface area contributed by atoms with E-state index in [2.05, 4.69) is 26.8 Å². The summed E-state index contributed by atoms with van der Waals surface area (Å²) in [7, 11) is 5.02. The van der Waals surface area contributed by atoms with Crippen LogP contribution in [0.4, 0.5) is 15.3 Å². The topological polar surface area (TPSA) is 150 Å². The van der Waals surface area contributed by atoms with Gasteiger partial charge in [0.05, 0.1) is 30.5 Å². The molecule has 0 spiro atoms. The number of methoxy groups -OCH3 is 2. The highest BCUT2D eigenvalue weighted by molar-refractivity contribution is 5.77. The molecule has 0 aliphatic carbocycles. The number of ether oxygens (including phenoxy) is 3. The fourth-order valence-electron chi connectivity index (χ4n) is 6.24. The second kappa shape index (κ2) is 20.6. The fourth-order valence-corrected chi connectivity index (χ4v) is 6.24. The summed E-state index contributed by atoms with van der Waals surface area (Å²) in [6, 6.07) is 20.1. The van der Waals surface area contributed by atoms with E-state index in [0.29, 0.717) is 11.4 Å². The first-order valence-corrected chi connectivity index (χ1v) is 18.8. The molecule has 3 aromatic carbocycles. The van der Waals surface area contributed by atoms with E-state index in [0.717, 1.165) is 48.5 Å². The van der Waals surface area contributed by atoms with Crippen LogP contribution < -0.4 is 14.2 Å². The minimum Gasteiger partial charge on any atom is -0.497 e. The molecule has 0 saturated carbocycles. The lowest BCUT2D eigenvalue weighted by Gasteiger charge is -2.34. The number of hydrazine groups is 1. The predicted octanol–water partition coefficient (Wildman–Crippen LogP) is 7.87. The Morgan fingerprint density at radius 1 is 0.732 bits per heavy atom. The Labute approximate surface area is 327 Å². The number of aromatic nitrogens is 4. The van der Waals surface area contributed by atoms with Gasteiger partial charge in [0, 0.05) is 55.8 Å². The summed E-state index contributed by atoms with van der Waals surface area (Å²) in [6.07, 6.45) is 13.3. The minimum absolute atomic E-state index is 0.0808. The standard InChI is InChI=1S/C17H22N4O2.C17H13N3O5.C7H15N/c1-19(21-9-4-3-5-10-21)17(22)20-12-16(18-13-20)14-7-6-8-15(11-14)23-2;1-24-15-4-2-3-12(9-15)16-10-19(11-18-16)17(21)25-14-7-5-13(6-8-14)20(22)23;1-2-8-6-4-3-5-7-8/h6-8,11-13H,3-5,9-10H2,1-2H3;2-11H,1H3;2-7H2,1H3. The van der Waals surface area contributed by atoms with Crippen LogP contribution >= 0.6 is 0 Å². The molecule has 4 heterocycles. The number of hydrogen-bond acceptors (Lipinski definition) is 11. The number of likely N-dealkylation sites (tertiary alicyclic amines) is 1. The van der Waals surface area contributed by atoms with Crippen LogP contribution in [0.3, 0.4) is 0 Å². The van der Waals surface area contributed by atoms with E-state index in [-0.39, 0.29) is 17.5 Å². The van der Waals surface area contributed by atoms with Crippen LogP contribution in [0.5, 0.6) is 17.2 Å². The first-order chi connectivity index (χ1) is 27.2. The van der Waals surface area contributed by atoms with Crippen molar-refractivity contribution in [3.8, 4) is 39.8 Å². The van der Waals surface area contributed by atoms with Crippen molar-refractivity contribution < 1.29 is 28.7 Å². The molecule has 56 heavy (non-hydrogen) atoms. The number of carbonyl (C=O) groups excluding carboxylic acids is 2. The van der Waals surface area contributed by atoms with E-state index >= 15 is 0 Å². The SMILES string of the molecule is CCN1CCCCC1.COc1cccc(-c2cn(C(=O)N(C)N3CCCCC3)cn2)c1.COc1cccc(-c2cn(C(=O)Oc3ccc([N+](=O)[O-])cc3)cn2)c1. The number of imidazole rings is 2. The zero-order valence-corrected chi connectivity index (χ0v) is 32.5. The van der Waals surface area contributed by atoms with Gasteiger partial charge < -0.3 is 19.1 Å². The molecule has 0 unspecified atom stereocenters. The molecule has 296 valence electrons. The molecule has 15 heteroatoms. The summed E-state index contributed by atoms with van der Waals surface area (Å²) < 4.78 is 18.3. The quantitative estimate of drug-likeness (QED) is 0.112. The number of piperidine rings is 2. The Morgan fingerprint density at radius 2 is 1.25 bits per heavy atom. The van der Waals surface area contributed by atoms with Crippen molar-refractivity contribution in [2.24, 2.45) is 0 Å². The number of hydrogen-bond donors (Lipinski definition) is 0. The summed E-state index contributed by atoms with van der Waals surface area (Å²) in [5, 5.41) is 14.4. The van der Waals surface area contributed by atoms with Gasteiger partial charge in [0.1, 0.15) is 29.9 Å². The molecule has 0 bridgehead atoms. The van der Waals surface area contributed by atoms with E-state index in [4.69, 9.17) is 14.2 Å². The Kier molecular flexibility index (Phi) is 15.1. The van der Waals surface area contributed by atoms with E-state index in [1.807, 2.05) is 49.5 Å². The number of nitrogens with zero attached hydrogens (tertiary/aromatic N) is 8. The van der Waals surface area contributed by atoms with Crippen molar-refractivity contribution in [2.45, 2.75) is 45.4 Å². The monoisotopic (exact) mass is 766 g/mol. The largest absolute Gasteiger partial charge is 0.497 e. The maximum Gasteiger partial charge on any atom is 0.424 e. The average molecular weight is 767 g/mol. The molecular formula is C41H50N8O7. The average Bonchev–Trinajstić information content (AvgIpc) is 3.96. The number of carbonyl (C=O) groups is 2. The van der Waals surface area contributed by atoms with Crippen LogP contribution in [0.2, 0.25) is 0 Å². The third-order valence-corrected chi connectivity index (χ3v) is 9.51. The summed E-state index contributed by atoms with van der Waals surface area (Å²) in [4.78, 5) is 45.9. The van der Waals surface area contributed by atoms with Gasteiger partial charge in [0.25, 0.3) is 5.69 Å². The van der Waals surface area contributed by atoms with Gasteiger partial charge in [-0.15, -0.1) is 0 Å². The second-order valence-electron chi connectivity index (χ2n) is 13.2. The number of rotatable bonds is 8. The van der Waals surface area contributed by atoms with Gasteiger partial charge in [-0.05, 0) is 81.7 Å². The van der Waals surface area contributed by atoms with Gasteiger partial charge in [0.15, 0.2) is 0 Å². The fraction of sp³-hybridized carbons (Fsp3) is 0.366. The van der Waals surface area contributed by atoms with Crippen molar-refractivity contribution in [3.63, 3.8) is 0 Å². The van der Waals surface area contributed by atoms with Gasteiger partial charge in [-0.3, -0.25) is 19.7 Å². The molecule has 5 aromatic rings. The highest BCUT2D eigenvalue weighted by atomic mass is 16.6. The maximum atomic E-state index is 12.6.